The van der Waals surface area contributed by atoms with Crippen molar-refractivity contribution < 1.29 is 28.8 Å². The third-order valence-electron chi connectivity index (χ3n) is 7.81. The molecule has 4 aromatic rings. The summed E-state index contributed by atoms with van der Waals surface area (Å²) in [5.74, 6) is 0. The van der Waals surface area contributed by atoms with Gasteiger partial charge in [0.2, 0.25) is 0 Å². The van der Waals surface area contributed by atoms with Gasteiger partial charge in [0.1, 0.15) is 0 Å². The van der Waals surface area contributed by atoms with E-state index in [0.29, 0.717) is 0 Å². The first-order chi connectivity index (χ1) is 18.7. The minimum Gasteiger partial charge on any atom is -0.658 e. The van der Waals surface area contributed by atoms with Crippen LogP contribution < -0.4 is 15.4 Å². The number of hydrogen-bond acceptors (Lipinski definition) is 4. The van der Waals surface area contributed by atoms with Gasteiger partial charge in [-0.15, -0.1) is 22.1 Å². The van der Waals surface area contributed by atoms with Crippen LogP contribution in [0.1, 0.15) is 50.5 Å². The molecule has 0 amide bonds. The summed E-state index contributed by atoms with van der Waals surface area (Å²) < 4.78 is 12.5. The van der Waals surface area contributed by atoms with Gasteiger partial charge in [0.05, 0.1) is 34.0 Å². The third kappa shape index (κ3) is 4.81. The summed E-state index contributed by atoms with van der Waals surface area (Å²) >= 11 is 0. The summed E-state index contributed by atoms with van der Waals surface area (Å²) in [6.07, 6.45) is 8.05. The Hall–Kier alpha value is -3.57. The molecular weight excluding hydrogens is 549 g/mol. The molecule has 7 rings (SSSR count). The smallest absolute Gasteiger partial charge is 0.658 e. The predicted molar refractivity (Wildman–Crippen MR) is 158 cm³/mol. The van der Waals surface area contributed by atoms with E-state index in [-0.39, 0.29) is 30.7 Å². The molecule has 0 spiro atoms. The van der Waals surface area contributed by atoms with Gasteiger partial charge in [-0.1, -0.05) is 66.7 Å². The molecule has 0 aliphatic carbocycles. The first-order valence-electron chi connectivity index (χ1n) is 13.2. The number of fused-ring (bicyclic) bond motifs is 8. The average Bonchev–Trinajstić information content (AvgIpc) is 3.71. The van der Waals surface area contributed by atoms with Crippen molar-refractivity contribution in [3.05, 3.63) is 89.5 Å². The Balaban J connectivity index is 0.00000289. The molecular formula is C32H27BN4O2Zn. The first-order valence-corrected chi connectivity index (χ1v) is 13.2. The number of hydrogen-bond donors (Lipinski definition) is 0. The Morgan fingerprint density at radius 3 is 1.77 bits per heavy atom. The van der Waals surface area contributed by atoms with Crippen LogP contribution in [0, 0.1) is 0 Å². The summed E-state index contributed by atoms with van der Waals surface area (Å²) in [7, 11) is -0.413. The van der Waals surface area contributed by atoms with Gasteiger partial charge >= 0.3 is 26.6 Å². The van der Waals surface area contributed by atoms with Gasteiger partial charge in [-0.3, -0.25) is 0 Å². The summed E-state index contributed by atoms with van der Waals surface area (Å²) in [6.45, 7) is 8.27. The number of nitrogens with zero attached hydrogens (tertiary/aromatic N) is 4. The van der Waals surface area contributed by atoms with E-state index in [1.54, 1.807) is 0 Å². The minimum atomic E-state index is -0.413. The molecule has 8 heteroatoms. The van der Waals surface area contributed by atoms with Gasteiger partial charge in [-0.2, -0.15) is 0 Å². The van der Waals surface area contributed by atoms with Crippen LogP contribution in [0.15, 0.2) is 66.7 Å². The number of aromatic nitrogens is 4. The second kappa shape index (κ2) is 9.81. The van der Waals surface area contributed by atoms with Crippen LogP contribution in [0.4, 0.5) is 0 Å². The largest absolute Gasteiger partial charge is 2.00 e. The zero-order chi connectivity index (χ0) is 26.8. The Bertz CT molecular complexity index is 1820. The van der Waals surface area contributed by atoms with Crippen molar-refractivity contribution in [3.8, 4) is 11.1 Å². The van der Waals surface area contributed by atoms with Crippen molar-refractivity contribution in [2.75, 3.05) is 0 Å². The second-order valence-corrected chi connectivity index (χ2v) is 11.1. The molecule has 3 aromatic heterocycles. The van der Waals surface area contributed by atoms with E-state index in [1.165, 1.54) is 0 Å². The van der Waals surface area contributed by atoms with Crippen LogP contribution in [0.5, 0.6) is 0 Å². The molecule has 1 saturated heterocycles. The molecule has 0 atom stereocenters. The summed E-state index contributed by atoms with van der Waals surface area (Å²) in [4.78, 5) is 19.4. The van der Waals surface area contributed by atoms with Crippen molar-refractivity contribution in [3.63, 3.8) is 0 Å². The van der Waals surface area contributed by atoms with E-state index >= 15 is 0 Å². The van der Waals surface area contributed by atoms with Gasteiger partial charge in [-0.05, 0) is 68.6 Å². The Labute approximate surface area is 246 Å². The SMILES string of the molecule is CC1(C)OB(c2ccc(-c3c4nc(cc5ccc(cc6nc(cc7ccc3[n-]7)C=C6)[n-]5)C=C4)cc2)OC1(C)C.[Zn+2]. The van der Waals surface area contributed by atoms with Crippen molar-refractivity contribution in [2.45, 2.75) is 38.9 Å². The minimum absolute atomic E-state index is 0. The summed E-state index contributed by atoms with van der Waals surface area (Å²) in [5, 5.41) is 0. The van der Waals surface area contributed by atoms with Crippen LogP contribution in [-0.4, -0.2) is 28.3 Å². The zero-order valence-electron chi connectivity index (χ0n) is 23.1. The van der Waals surface area contributed by atoms with Gasteiger partial charge in [-0.25, -0.2) is 9.97 Å². The average molecular weight is 576 g/mol. The quantitative estimate of drug-likeness (QED) is 0.240. The monoisotopic (exact) mass is 574 g/mol. The summed E-state index contributed by atoms with van der Waals surface area (Å²) in [5.41, 5.74) is 9.04. The standard InChI is InChI=1S/C32H27BN4O2.Zn/c1-31(2)32(3,4)39-33(38-31)21-7-5-20(6-8-21)30-28-15-13-26(36-28)18-24-11-9-22(34-24)17-23-10-12-25(35-23)19-27-14-16-29(30)37-27;/h5-19H,1-4H3;/q-2;+2. The topological polar surface area (TPSA) is 72.4 Å². The van der Waals surface area contributed by atoms with Gasteiger partial charge < -0.3 is 19.3 Å². The Morgan fingerprint density at radius 1 is 0.625 bits per heavy atom. The first kappa shape index (κ1) is 26.6. The van der Waals surface area contributed by atoms with E-state index in [4.69, 9.17) is 29.2 Å². The molecule has 192 valence electrons. The van der Waals surface area contributed by atoms with Crippen molar-refractivity contribution in [2.24, 2.45) is 0 Å². The van der Waals surface area contributed by atoms with E-state index in [9.17, 15) is 0 Å². The molecule has 40 heavy (non-hydrogen) atoms. The zero-order valence-corrected chi connectivity index (χ0v) is 26.0. The van der Waals surface area contributed by atoms with Crippen LogP contribution >= 0.6 is 0 Å². The summed E-state index contributed by atoms with van der Waals surface area (Å²) in [6, 6.07) is 22.3. The maximum absolute atomic E-state index is 6.26. The molecule has 3 aliphatic heterocycles. The fraction of sp³-hybridized carbons (Fsp3) is 0.188. The van der Waals surface area contributed by atoms with Crippen LogP contribution in [0.3, 0.4) is 0 Å². The van der Waals surface area contributed by atoms with Gasteiger partial charge in [0.25, 0.3) is 0 Å². The molecule has 0 unspecified atom stereocenters. The molecule has 6 heterocycles. The maximum atomic E-state index is 6.26. The van der Waals surface area contributed by atoms with Crippen molar-refractivity contribution in [1.82, 2.24) is 19.9 Å². The van der Waals surface area contributed by atoms with E-state index in [2.05, 4.69) is 52.0 Å². The molecule has 0 N–H and O–H groups in total. The molecule has 0 saturated carbocycles. The van der Waals surface area contributed by atoms with E-state index in [1.807, 2.05) is 66.8 Å². The third-order valence-corrected chi connectivity index (χ3v) is 7.81. The van der Waals surface area contributed by atoms with Crippen molar-refractivity contribution >= 4 is 59.0 Å². The fourth-order valence-corrected chi connectivity index (χ4v) is 4.97. The Morgan fingerprint density at radius 2 is 1.15 bits per heavy atom. The maximum Gasteiger partial charge on any atom is 2.00 e. The van der Waals surface area contributed by atoms with Crippen LogP contribution in [0.2, 0.25) is 0 Å². The normalized spacial score (nSPS) is 16.8. The van der Waals surface area contributed by atoms with Gasteiger partial charge in [0, 0.05) is 0 Å². The molecule has 1 aromatic carbocycles. The molecule has 8 bridgehead atoms. The van der Waals surface area contributed by atoms with E-state index < -0.39 is 7.12 Å². The van der Waals surface area contributed by atoms with Gasteiger partial charge in [0.15, 0.2) is 0 Å². The van der Waals surface area contributed by atoms with Crippen LogP contribution in [0.25, 0.3) is 57.5 Å². The fourth-order valence-electron chi connectivity index (χ4n) is 4.97. The molecule has 0 radical (unpaired) electrons. The number of rotatable bonds is 2. The van der Waals surface area contributed by atoms with Crippen LogP contribution in [-0.2, 0) is 28.8 Å². The second-order valence-electron chi connectivity index (χ2n) is 11.1. The molecule has 6 nitrogen and oxygen atoms in total. The molecule has 3 aliphatic rings. The van der Waals surface area contributed by atoms with E-state index in [0.717, 1.165) is 61.4 Å². The Kier molecular flexibility index (Phi) is 6.53. The van der Waals surface area contributed by atoms with Crippen molar-refractivity contribution in [1.29, 1.82) is 0 Å². The number of benzene rings is 1. The predicted octanol–water partition coefficient (Wildman–Crippen LogP) is 5.88. The molecule has 1 fully saturated rings.